The molecule has 0 saturated heterocycles. The number of hydrogen-bond donors (Lipinski definition) is 2. The van der Waals surface area contributed by atoms with Crippen LogP contribution in [0.2, 0.25) is 10.0 Å². The molecule has 0 bridgehead atoms. The Labute approximate surface area is 291 Å². The van der Waals surface area contributed by atoms with Gasteiger partial charge < -0.3 is 16.0 Å². The first kappa shape index (κ1) is 33.5. The van der Waals surface area contributed by atoms with Crippen LogP contribution in [0.1, 0.15) is 55.7 Å². The molecule has 0 aromatic heterocycles. The molecule has 1 aliphatic carbocycles. The van der Waals surface area contributed by atoms with Crippen molar-refractivity contribution in [3.05, 3.63) is 125 Å². The van der Waals surface area contributed by atoms with E-state index in [0.717, 1.165) is 59.2 Å². The summed E-state index contributed by atoms with van der Waals surface area (Å²) >= 11 is 12.7. The predicted octanol–water partition coefficient (Wildman–Crippen LogP) is 8.91. The summed E-state index contributed by atoms with van der Waals surface area (Å²) in [6, 6.07) is 27.8. The molecular formula is C40H39Cl2N3O3. The fraction of sp³-hybridized carbons (Fsp3) is 0.275. The number of rotatable bonds is 11. The summed E-state index contributed by atoms with van der Waals surface area (Å²) in [4.78, 5) is 43.6. The van der Waals surface area contributed by atoms with Crippen LogP contribution in [-0.2, 0) is 20.9 Å². The van der Waals surface area contributed by atoms with Gasteiger partial charge in [0, 0.05) is 21.2 Å². The summed E-state index contributed by atoms with van der Waals surface area (Å²) in [6.07, 6.45) is 6.71. The van der Waals surface area contributed by atoms with Crippen molar-refractivity contribution < 1.29 is 14.4 Å². The minimum Gasteiger partial charge on any atom is -0.369 e. The Kier molecular flexibility index (Phi) is 10.3. The molecule has 6 rings (SSSR count). The van der Waals surface area contributed by atoms with Crippen LogP contribution in [-0.4, -0.2) is 17.7 Å². The number of allylic oxidation sites excluding steroid dienone is 1. The first-order chi connectivity index (χ1) is 23.2. The van der Waals surface area contributed by atoms with Gasteiger partial charge in [0.25, 0.3) is 5.91 Å². The summed E-state index contributed by atoms with van der Waals surface area (Å²) in [5.74, 6) is -2.21. The van der Waals surface area contributed by atoms with Crippen LogP contribution in [0.5, 0.6) is 0 Å². The largest absolute Gasteiger partial charge is 0.369 e. The van der Waals surface area contributed by atoms with Crippen molar-refractivity contribution in [3.63, 3.8) is 0 Å². The standard InChI is InChI=1S/C40H39Cl2N3O3/c1-2-10-33(38(43)46)34(22-25-11-3-4-12-25)39(47)44-37-32-17-6-5-15-30(32)31-16-7-8-18-36(31)45(40(37)48)24-26-13-9-14-27(21-26)29-20-19-28(41)23-35(29)42/h2,5-9,13-21,23,25,33-34,37H,1,3-4,10-12,22,24H2,(H2,43,46)(H,44,47)/t33-,34+,37?/m0/s1. The van der Waals surface area contributed by atoms with Gasteiger partial charge in [-0.2, -0.15) is 0 Å². The molecular weight excluding hydrogens is 641 g/mol. The molecule has 4 aromatic rings. The number of carbonyl (C=O) groups is 3. The molecule has 3 amide bonds. The van der Waals surface area contributed by atoms with E-state index in [1.165, 1.54) is 0 Å². The number of hydrogen-bond acceptors (Lipinski definition) is 3. The van der Waals surface area contributed by atoms with Gasteiger partial charge in [-0.25, -0.2) is 0 Å². The normalized spacial score (nSPS) is 17.2. The average Bonchev–Trinajstić information content (AvgIpc) is 3.58. The molecule has 6 nitrogen and oxygen atoms in total. The zero-order valence-corrected chi connectivity index (χ0v) is 28.2. The van der Waals surface area contributed by atoms with Gasteiger partial charge in [0.1, 0.15) is 6.04 Å². The Bertz CT molecular complexity index is 1850. The molecule has 2 aliphatic rings. The van der Waals surface area contributed by atoms with Crippen LogP contribution in [0.25, 0.3) is 22.3 Å². The SMILES string of the molecule is C=CC[C@H](C(N)=O)[C@@H](CC1CCCC1)C(=O)NC1C(=O)N(Cc2cccc(-c3ccc(Cl)cc3Cl)c2)c2ccccc2-c2ccccc21. The molecule has 1 heterocycles. The third-order valence-electron chi connectivity index (χ3n) is 9.74. The van der Waals surface area contributed by atoms with E-state index >= 15 is 0 Å². The van der Waals surface area contributed by atoms with Gasteiger partial charge in [-0.15, -0.1) is 6.58 Å². The van der Waals surface area contributed by atoms with Crippen molar-refractivity contribution >= 4 is 46.6 Å². The number of amides is 3. The topological polar surface area (TPSA) is 92.5 Å². The van der Waals surface area contributed by atoms with Crippen molar-refractivity contribution in [2.45, 2.75) is 51.1 Å². The number of nitrogens with one attached hydrogen (secondary N) is 1. The van der Waals surface area contributed by atoms with E-state index in [0.29, 0.717) is 34.4 Å². The number of nitrogens with zero attached hydrogens (tertiary/aromatic N) is 1. The van der Waals surface area contributed by atoms with Crippen LogP contribution >= 0.6 is 23.2 Å². The number of carbonyl (C=O) groups excluding carboxylic acids is 3. The maximum absolute atomic E-state index is 14.8. The van der Waals surface area contributed by atoms with E-state index in [-0.39, 0.29) is 18.4 Å². The number of benzene rings is 4. The van der Waals surface area contributed by atoms with Crippen molar-refractivity contribution in [1.29, 1.82) is 0 Å². The maximum Gasteiger partial charge on any atom is 0.254 e. The summed E-state index contributed by atoms with van der Waals surface area (Å²) in [6.45, 7) is 4.07. The molecule has 1 fully saturated rings. The van der Waals surface area contributed by atoms with Crippen molar-refractivity contribution in [1.82, 2.24) is 5.32 Å². The molecule has 4 aromatic carbocycles. The summed E-state index contributed by atoms with van der Waals surface area (Å²) in [5, 5.41) is 4.22. The molecule has 246 valence electrons. The van der Waals surface area contributed by atoms with Crippen LogP contribution in [0, 0.1) is 17.8 Å². The quantitative estimate of drug-likeness (QED) is 0.155. The van der Waals surface area contributed by atoms with E-state index < -0.39 is 23.8 Å². The fourth-order valence-electron chi connectivity index (χ4n) is 7.35. The summed E-state index contributed by atoms with van der Waals surface area (Å²) in [5.41, 5.74) is 11.7. The Hall–Kier alpha value is -4.39. The number of primary amides is 1. The molecule has 0 radical (unpaired) electrons. The molecule has 8 heteroatoms. The number of nitrogens with two attached hydrogens (primary N) is 1. The summed E-state index contributed by atoms with van der Waals surface area (Å²) in [7, 11) is 0. The molecule has 48 heavy (non-hydrogen) atoms. The van der Waals surface area contributed by atoms with E-state index in [9.17, 15) is 14.4 Å². The van der Waals surface area contributed by atoms with Gasteiger partial charge in [0.05, 0.1) is 24.1 Å². The number of anilines is 1. The highest BCUT2D eigenvalue weighted by Gasteiger charge is 2.39. The highest BCUT2D eigenvalue weighted by molar-refractivity contribution is 6.36. The lowest BCUT2D eigenvalue weighted by atomic mass is 9.80. The van der Waals surface area contributed by atoms with Gasteiger partial charge in [-0.3, -0.25) is 14.4 Å². The van der Waals surface area contributed by atoms with E-state index in [2.05, 4.69) is 11.9 Å². The Morgan fingerprint density at radius 3 is 2.35 bits per heavy atom. The molecule has 1 aliphatic heterocycles. The predicted molar refractivity (Wildman–Crippen MR) is 193 cm³/mol. The van der Waals surface area contributed by atoms with E-state index in [1.54, 1.807) is 23.1 Å². The molecule has 3 atom stereocenters. The summed E-state index contributed by atoms with van der Waals surface area (Å²) < 4.78 is 0. The smallest absolute Gasteiger partial charge is 0.254 e. The van der Waals surface area contributed by atoms with Gasteiger partial charge in [-0.05, 0) is 65.3 Å². The van der Waals surface area contributed by atoms with Crippen LogP contribution in [0.15, 0.2) is 104 Å². The fourth-order valence-corrected chi connectivity index (χ4v) is 7.87. The Balaban J connectivity index is 1.39. The van der Waals surface area contributed by atoms with Gasteiger partial charge in [-0.1, -0.05) is 122 Å². The average molecular weight is 681 g/mol. The van der Waals surface area contributed by atoms with Crippen LogP contribution in [0.3, 0.4) is 0 Å². The number of para-hydroxylation sites is 1. The third kappa shape index (κ3) is 7.06. The zero-order valence-electron chi connectivity index (χ0n) is 26.7. The van der Waals surface area contributed by atoms with Gasteiger partial charge >= 0.3 is 0 Å². The van der Waals surface area contributed by atoms with Crippen LogP contribution < -0.4 is 16.0 Å². The first-order valence-corrected chi connectivity index (χ1v) is 17.3. The van der Waals surface area contributed by atoms with Gasteiger partial charge in [0.15, 0.2) is 0 Å². The number of fused-ring (bicyclic) bond motifs is 3. The van der Waals surface area contributed by atoms with Crippen molar-refractivity contribution in [2.75, 3.05) is 4.90 Å². The molecule has 0 spiro atoms. The first-order valence-electron chi connectivity index (χ1n) is 16.5. The second kappa shape index (κ2) is 14.8. The Morgan fingerprint density at radius 2 is 1.62 bits per heavy atom. The third-order valence-corrected chi connectivity index (χ3v) is 10.3. The lowest BCUT2D eigenvalue weighted by molar-refractivity contribution is -0.136. The zero-order chi connectivity index (χ0) is 33.8. The second-order valence-electron chi connectivity index (χ2n) is 12.8. The molecule has 1 unspecified atom stereocenters. The van der Waals surface area contributed by atoms with E-state index in [1.807, 2.05) is 78.9 Å². The van der Waals surface area contributed by atoms with Crippen LogP contribution in [0.4, 0.5) is 5.69 Å². The molecule has 3 N–H and O–H groups in total. The van der Waals surface area contributed by atoms with Gasteiger partial charge in [0.2, 0.25) is 11.8 Å². The van der Waals surface area contributed by atoms with Crippen molar-refractivity contribution in [2.24, 2.45) is 23.5 Å². The second-order valence-corrected chi connectivity index (χ2v) is 13.7. The van der Waals surface area contributed by atoms with E-state index in [4.69, 9.17) is 28.9 Å². The minimum atomic E-state index is -0.988. The Morgan fingerprint density at radius 1 is 0.896 bits per heavy atom. The minimum absolute atomic E-state index is 0.251. The molecule has 1 saturated carbocycles. The highest BCUT2D eigenvalue weighted by Crippen LogP contribution is 2.42. The monoisotopic (exact) mass is 679 g/mol. The highest BCUT2D eigenvalue weighted by atomic mass is 35.5. The number of halogens is 2. The maximum atomic E-state index is 14.8. The van der Waals surface area contributed by atoms with Crippen molar-refractivity contribution in [3.8, 4) is 22.3 Å². The lowest BCUT2D eigenvalue weighted by Gasteiger charge is -2.30. The lowest BCUT2D eigenvalue weighted by Crippen LogP contribution is -2.47.